The van der Waals surface area contributed by atoms with Crippen molar-refractivity contribution in [2.45, 2.75) is 13.5 Å². The molecule has 1 fully saturated rings. The Bertz CT molecular complexity index is 756. The molecule has 1 N–H and O–H groups in total. The van der Waals surface area contributed by atoms with E-state index in [0.717, 1.165) is 25.5 Å². The summed E-state index contributed by atoms with van der Waals surface area (Å²) in [6.07, 6.45) is 3.75. The third-order valence-corrected chi connectivity index (χ3v) is 4.72. The Hall–Kier alpha value is -2.25. The van der Waals surface area contributed by atoms with Gasteiger partial charge < -0.3 is 19.5 Å². The van der Waals surface area contributed by atoms with E-state index in [4.69, 9.17) is 16.3 Å². The van der Waals surface area contributed by atoms with Crippen molar-refractivity contribution in [1.82, 2.24) is 19.4 Å². The van der Waals surface area contributed by atoms with Gasteiger partial charge in [0.1, 0.15) is 11.6 Å². The Morgan fingerprint density at radius 1 is 1.31 bits per heavy atom. The summed E-state index contributed by atoms with van der Waals surface area (Å²) >= 11 is 6.17. The van der Waals surface area contributed by atoms with Gasteiger partial charge in [-0.25, -0.2) is 9.78 Å². The molecule has 1 aromatic heterocycles. The first-order valence-electron chi connectivity index (χ1n) is 8.73. The van der Waals surface area contributed by atoms with Gasteiger partial charge in [0, 0.05) is 51.3 Å². The first-order valence-corrected chi connectivity index (χ1v) is 9.11. The highest BCUT2D eigenvalue weighted by atomic mass is 35.5. The van der Waals surface area contributed by atoms with Crippen LogP contribution in [0.5, 0.6) is 5.75 Å². The van der Waals surface area contributed by atoms with Crippen LogP contribution in [0, 0.1) is 0 Å². The van der Waals surface area contributed by atoms with Crippen LogP contribution in [0.3, 0.4) is 0 Å². The maximum absolute atomic E-state index is 12.5. The van der Waals surface area contributed by atoms with E-state index in [0.29, 0.717) is 36.2 Å². The number of rotatable bonds is 5. The molecule has 0 aliphatic carbocycles. The number of aromatic nitrogens is 2. The molecule has 0 bridgehead atoms. The van der Waals surface area contributed by atoms with E-state index in [-0.39, 0.29) is 6.03 Å². The molecule has 8 heteroatoms. The van der Waals surface area contributed by atoms with Crippen LogP contribution in [-0.4, -0.2) is 58.2 Å². The average molecular weight is 378 g/mol. The number of carbonyl (C=O) groups is 1. The molecule has 26 heavy (non-hydrogen) atoms. The van der Waals surface area contributed by atoms with E-state index in [1.807, 2.05) is 29.6 Å². The second-order valence-electron chi connectivity index (χ2n) is 6.23. The van der Waals surface area contributed by atoms with Gasteiger partial charge >= 0.3 is 6.03 Å². The SMILES string of the molecule is CCOc1ccc(NC(=O)N2CCN(Cc3nccn3C)CC2)cc1Cl. The quantitative estimate of drug-likeness (QED) is 0.870. The molecule has 2 heterocycles. The molecule has 140 valence electrons. The van der Waals surface area contributed by atoms with Crippen molar-refractivity contribution < 1.29 is 9.53 Å². The zero-order valence-corrected chi connectivity index (χ0v) is 15.9. The van der Waals surface area contributed by atoms with Crippen molar-refractivity contribution in [3.63, 3.8) is 0 Å². The fourth-order valence-corrected chi connectivity index (χ4v) is 3.15. The number of imidazole rings is 1. The van der Waals surface area contributed by atoms with Gasteiger partial charge in [-0.15, -0.1) is 0 Å². The summed E-state index contributed by atoms with van der Waals surface area (Å²) in [5.41, 5.74) is 0.666. The average Bonchev–Trinajstić information content (AvgIpc) is 3.03. The molecule has 0 spiro atoms. The number of urea groups is 1. The summed E-state index contributed by atoms with van der Waals surface area (Å²) in [6.45, 7) is 6.26. The van der Waals surface area contributed by atoms with Crippen LogP contribution in [-0.2, 0) is 13.6 Å². The lowest BCUT2D eigenvalue weighted by molar-refractivity contribution is 0.140. The molecular weight excluding hydrogens is 354 g/mol. The Morgan fingerprint density at radius 3 is 2.69 bits per heavy atom. The molecular formula is C18H24ClN5O2. The Kier molecular flexibility index (Phi) is 6.00. The second-order valence-corrected chi connectivity index (χ2v) is 6.63. The van der Waals surface area contributed by atoms with Crippen molar-refractivity contribution >= 4 is 23.3 Å². The number of nitrogens with one attached hydrogen (secondary N) is 1. The zero-order valence-electron chi connectivity index (χ0n) is 15.1. The number of anilines is 1. The first-order chi connectivity index (χ1) is 12.6. The van der Waals surface area contributed by atoms with Crippen LogP contribution >= 0.6 is 11.6 Å². The van der Waals surface area contributed by atoms with Crippen LogP contribution in [0.1, 0.15) is 12.7 Å². The number of benzene rings is 1. The first kappa shape index (κ1) is 18.5. The fourth-order valence-electron chi connectivity index (χ4n) is 2.91. The monoisotopic (exact) mass is 377 g/mol. The highest BCUT2D eigenvalue weighted by Gasteiger charge is 2.22. The second kappa shape index (κ2) is 8.42. The standard InChI is InChI=1S/C18H24ClN5O2/c1-3-26-16-5-4-14(12-15(16)19)21-18(25)24-10-8-23(9-11-24)13-17-20-6-7-22(17)2/h4-7,12H,3,8-11,13H2,1-2H3,(H,21,25). The van der Waals surface area contributed by atoms with Crippen LogP contribution in [0.25, 0.3) is 0 Å². The number of ether oxygens (including phenoxy) is 1. The van der Waals surface area contributed by atoms with Crippen molar-refractivity contribution in [2.24, 2.45) is 7.05 Å². The number of carbonyl (C=O) groups excluding carboxylic acids is 1. The highest BCUT2D eigenvalue weighted by molar-refractivity contribution is 6.32. The molecule has 1 aliphatic heterocycles. The summed E-state index contributed by atoms with van der Waals surface area (Å²) in [5, 5.41) is 3.39. The number of halogens is 1. The topological polar surface area (TPSA) is 62.6 Å². The number of hydrogen-bond donors (Lipinski definition) is 1. The predicted octanol–water partition coefficient (Wildman–Crippen LogP) is 2.82. The van der Waals surface area contributed by atoms with Crippen LogP contribution in [0.15, 0.2) is 30.6 Å². The minimum atomic E-state index is -0.109. The summed E-state index contributed by atoms with van der Waals surface area (Å²) in [5.74, 6) is 1.65. The van der Waals surface area contributed by atoms with Crippen LogP contribution in [0.4, 0.5) is 10.5 Å². The molecule has 7 nitrogen and oxygen atoms in total. The number of nitrogens with zero attached hydrogens (tertiary/aromatic N) is 4. The van der Waals surface area contributed by atoms with Crippen LogP contribution in [0.2, 0.25) is 5.02 Å². The maximum Gasteiger partial charge on any atom is 0.321 e. The van der Waals surface area contributed by atoms with Crippen molar-refractivity contribution in [2.75, 3.05) is 38.1 Å². The summed E-state index contributed by atoms with van der Waals surface area (Å²) in [7, 11) is 1.99. The molecule has 2 amide bonds. The van der Waals surface area contributed by atoms with E-state index in [1.54, 1.807) is 24.4 Å². The third-order valence-electron chi connectivity index (χ3n) is 4.43. The largest absolute Gasteiger partial charge is 0.492 e. The van der Waals surface area contributed by atoms with Gasteiger partial charge in [-0.1, -0.05) is 11.6 Å². The number of hydrogen-bond acceptors (Lipinski definition) is 4. The highest BCUT2D eigenvalue weighted by Crippen LogP contribution is 2.27. The lowest BCUT2D eigenvalue weighted by Crippen LogP contribution is -2.49. The molecule has 0 saturated carbocycles. The van der Waals surface area contributed by atoms with Gasteiger partial charge in [0.15, 0.2) is 0 Å². The molecule has 1 aromatic carbocycles. The number of piperazine rings is 1. The van der Waals surface area contributed by atoms with E-state index >= 15 is 0 Å². The van der Waals surface area contributed by atoms with Crippen LogP contribution < -0.4 is 10.1 Å². The maximum atomic E-state index is 12.5. The Morgan fingerprint density at radius 2 is 2.08 bits per heavy atom. The minimum absolute atomic E-state index is 0.109. The number of aryl methyl sites for hydroxylation is 1. The predicted molar refractivity (Wildman–Crippen MR) is 102 cm³/mol. The van der Waals surface area contributed by atoms with Gasteiger partial charge in [0.05, 0.1) is 18.2 Å². The summed E-state index contributed by atoms with van der Waals surface area (Å²) < 4.78 is 7.43. The summed E-state index contributed by atoms with van der Waals surface area (Å²) in [6, 6.07) is 5.17. The number of amides is 2. The van der Waals surface area contributed by atoms with Crippen molar-refractivity contribution in [3.05, 3.63) is 41.4 Å². The lowest BCUT2D eigenvalue weighted by Gasteiger charge is -2.34. The molecule has 1 aliphatic rings. The van der Waals surface area contributed by atoms with E-state index in [2.05, 4.69) is 15.2 Å². The van der Waals surface area contributed by atoms with Crippen molar-refractivity contribution in [3.8, 4) is 5.75 Å². The smallest absolute Gasteiger partial charge is 0.321 e. The van der Waals surface area contributed by atoms with Gasteiger partial charge in [-0.3, -0.25) is 4.90 Å². The molecule has 2 aromatic rings. The Labute approximate surface area is 158 Å². The fraction of sp³-hybridized carbons (Fsp3) is 0.444. The van der Waals surface area contributed by atoms with E-state index in [1.165, 1.54) is 0 Å². The summed E-state index contributed by atoms with van der Waals surface area (Å²) in [4.78, 5) is 21.0. The molecule has 0 unspecified atom stereocenters. The normalized spacial score (nSPS) is 15.1. The third kappa shape index (κ3) is 4.47. The lowest BCUT2D eigenvalue weighted by atomic mass is 10.3. The van der Waals surface area contributed by atoms with Gasteiger partial charge in [-0.2, -0.15) is 0 Å². The van der Waals surface area contributed by atoms with E-state index in [9.17, 15) is 4.79 Å². The molecule has 3 rings (SSSR count). The minimum Gasteiger partial charge on any atom is -0.492 e. The zero-order chi connectivity index (χ0) is 18.5. The van der Waals surface area contributed by atoms with Gasteiger partial charge in [0.25, 0.3) is 0 Å². The molecule has 1 saturated heterocycles. The van der Waals surface area contributed by atoms with Gasteiger partial charge in [0.2, 0.25) is 0 Å². The Balaban J connectivity index is 1.50. The molecule has 0 radical (unpaired) electrons. The van der Waals surface area contributed by atoms with E-state index < -0.39 is 0 Å². The van der Waals surface area contributed by atoms with Crippen molar-refractivity contribution in [1.29, 1.82) is 0 Å². The van der Waals surface area contributed by atoms with Gasteiger partial charge in [-0.05, 0) is 25.1 Å². The molecule has 0 atom stereocenters.